The molecular weight excluding hydrogens is 254 g/mol. The van der Waals surface area contributed by atoms with E-state index >= 15 is 0 Å². The highest BCUT2D eigenvalue weighted by Gasteiger charge is 2.23. The standard InChI is InChI=1S/C13H12ClNO3/c1-2-5-10-11(13(16)17)12(15-18-10)8-6-3-4-7-9(8)14/h3-4,6-7H,2,5H2,1H3,(H,16,17). The highest BCUT2D eigenvalue weighted by molar-refractivity contribution is 6.33. The number of nitrogens with zero attached hydrogens (tertiary/aromatic N) is 1. The van der Waals surface area contributed by atoms with Gasteiger partial charge in [0.25, 0.3) is 0 Å². The van der Waals surface area contributed by atoms with Crippen LogP contribution >= 0.6 is 11.6 Å². The van der Waals surface area contributed by atoms with E-state index < -0.39 is 5.97 Å². The molecule has 94 valence electrons. The molecule has 0 radical (unpaired) electrons. The van der Waals surface area contributed by atoms with Gasteiger partial charge in [-0.3, -0.25) is 0 Å². The van der Waals surface area contributed by atoms with Crippen molar-refractivity contribution in [1.82, 2.24) is 5.16 Å². The van der Waals surface area contributed by atoms with Crippen LogP contribution in [0.2, 0.25) is 5.02 Å². The minimum atomic E-state index is -1.05. The fourth-order valence-corrected chi connectivity index (χ4v) is 2.00. The molecule has 0 fully saturated rings. The summed E-state index contributed by atoms with van der Waals surface area (Å²) in [6.07, 6.45) is 1.33. The zero-order chi connectivity index (χ0) is 13.1. The van der Waals surface area contributed by atoms with Crippen LogP contribution in [0.4, 0.5) is 0 Å². The molecule has 0 amide bonds. The Hall–Kier alpha value is -1.81. The lowest BCUT2D eigenvalue weighted by atomic mass is 10.0. The predicted molar refractivity (Wildman–Crippen MR) is 67.9 cm³/mol. The maximum Gasteiger partial charge on any atom is 0.341 e. The Labute approximate surface area is 109 Å². The van der Waals surface area contributed by atoms with Gasteiger partial charge in [-0.2, -0.15) is 0 Å². The molecule has 0 spiro atoms. The molecular formula is C13H12ClNO3. The lowest BCUT2D eigenvalue weighted by Gasteiger charge is -2.01. The van der Waals surface area contributed by atoms with Gasteiger partial charge < -0.3 is 9.63 Å². The summed E-state index contributed by atoms with van der Waals surface area (Å²) in [4.78, 5) is 11.3. The molecule has 0 bridgehead atoms. The minimum Gasteiger partial charge on any atom is -0.477 e. The van der Waals surface area contributed by atoms with Gasteiger partial charge in [-0.1, -0.05) is 41.9 Å². The Morgan fingerprint density at radius 1 is 1.44 bits per heavy atom. The maximum absolute atomic E-state index is 11.3. The topological polar surface area (TPSA) is 63.3 Å². The number of benzene rings is 1. The largest absolute Gasteiger partial charge is 0.477 e. The summed E-state index contributed by atoms with van der Waals surface area (Å²) in [5, 5.41) is 13.6. The molecule has 18 heavy (non-hydrogen) atoms. The Bertz CT molecular complexity index is 577. The van der Waals surface area contributed by atoms with E-state index in [9.17, 15) is 9.90 Å². The van der Waals surface area contributed by atoms with Gasteiger partial charge in [0.15, 0.2) is 5.76 Å². The smallest absolute Gasteiger partial charge is 0.341 e. The number of carboxylic acid groups (broad SMARTS) is 1. The number of aromatic carboxylic acids is 1. The van der Waals surface area contributed by atoms with E-state index in [0.717, 1.165) is 6.42 Å². The Balaban J connectivity index is 2.58. The minimum absolute atomic E-state index is 0.102. The molecule has 0 atom stereocenters. The normalized spacial score (nSPS) is 10.6. The van der Waals surface area contributed by atoms with Crippen molar-refractivity contribution in [3.05, 3.63) is 40.6 Å². The van der Waals surface area contributed by atoms with E-state index in [1.807, 2.05) is 6.92 Å². The van der Waals surface area contributed by atoms with Crippen LogP contribution < -0.4 is 0 Å². The third-order valence-electron chi connectivity index (χ3n) is 2.58. The van der Waals surface area contributed by atoms with Gasteiger partial charge in [0, 0.05) is 12.0 Å². The number of carboxylic acids is 1. The summed E-state index contributed by atoms with van der Waals surface area (Å²) in [6.45, 7) is 1.95. The van der Waals surface area contributed by atoms with Crippen LogP contribution in [-0.4, -0.2) is 16.2 Å². The number of aromatic nitrogens is 1. The lowest BCUT2D eigenvalue weighted by molar-refractivity contribution is 0.0695. The number of hydrogen-bond donors (Lipinski definition) is 1. The molecule has 0 saturated carbocycles. The van der Waals surface area contributed by atoms with Gasteiger partial charge in [-0.25, -0.2) is 4.79 Å². The molecule has 1 aromatic heterocycles. The van der Waals surface area contributed by atoms with Crippen molar-refractivity contribution >= 4 is 17.6 Å². The number of hydrogen-bond acceptors (Lipinski definition) is 3. The van der Waals surface area contributed by atoms with E-state index in [-0.39, 0.29) is 11.3 Å². The van der Waals surface area contributed by atoms with Crippen molar-refractivity contribution in [2.24, 2.45) is 0 Å². The second-order valence-electron chi connectivity index (χ2n) is 3.86. The van der Waals surface area contributed by atoms with Crippen molar-refractivity contribution in [3.8, 4) is 11.3 Å². The van der Waals surface area contributed by atoms with Crippen molar-refractivity contribution in [2.45, 2.75) is 19.8 Å². The Morgan fingerprint density at radius 2 is 2.17 bits per heavy atom. The molecule has 0 aliphatic heterocycles. The molecule has 2 rings (SSSR count). The third-order valence-corrected chi connectivity index (χ3v) is 2.91. The first-order chi connectivity index (χ1) is 8.65. The van der Waals surface area contributed by atoms with E-state index in [2.05, 4.69) is 5.16 Å². The first-order valence-electron chi connectivity index (χ1n) is 5.62. The average molecular weight is 266 g/mol. The summed E-state index contributed by atoms with van der Waals surface area (Å²) in [5.74, 6) is -0.658. The Morgan fingerprint density at radius 3 is 2.78 bits per heavy atom. The van der Waals surface area contributed by atoms with Crippen LogP contribution in [0.5, 0.6) is 0 Å². The van der Waals surface area contributed by atoms with Crippen LogP contribution in [0.15, 0.2) is 28.8 Å². The molecule has 4 nitrogen and oxygen atoms in total. The van der Waals surface area contributed by atoms with Crippen LogP contribution in [0.1, 0.15) is 29.5 Å². The average Bonchev–Trinajstić information content (AvgIpc) is 2.74. The summed E-state index contributed by atoms with van der Waals surface area (Å²) in [5.41, 5.74) is 0.962. The van der Waals surface area contributed by atoms with Crippen molar-refractivity contribution in [3.63, 3.8) is 0 Å². The molecule has 0 saturated heterocycles. The van der Waals surface area contributed by atoms with Gasteiger partial charge in [0.2, 0.25) is 0 Å². The van der Waals surface area contributed by atoms with Gasteiger partial charge in [0.1, 0.15) is 11.3 Å². The fraction of sp³-hybridized carbons (Fsp3) is 0.231. The van der Waals surface area contributed by atoms with E-state index in [4.69, 9.17) is 16.1 Å². The second-order valence-corrected chi connectivity index (χ2v) is 4.27. The van der Waals surface area contributed by atoms with Gasteiger partial charge in [-0.05, 0) is 12.5 Å². The van der Waals surface area contributed by atoms with Crippen LogP contribution in [-0.2, 0) is 6.42 Å². The Kier molecular flexibility index (Phi) is 3.67. The second kappa shape index (κ2) is 5.23. The molecule has 5 heteroatoms. The predicted octanol–water partition coefficient (Wildman–Crippen LogP) is 3.65. The van der Waals surface area contributed by atoms with Crippen LogP contribution in [0, 0.1) is 0 Å². The summed E-state index contributed by atoms with van der Waals surface area (Å²) in [6, 6.07) is 6.97. The zero-order valence-electron chi connectivity index (χ0n) is 9.81. The van der Waals surface area contributed by atoms with Gasteiger partial charge >= 0.3 is 5.97 Å². The maximum atomic E-state index is 11.3. The first kappa shape index (κ1) is 12.6. The van der Waals surface area contributed by atoms with E-state index in [1.165, 1.54) is 0 Å². The van der Waals surface area contributed by atoms with Crippen molar-refractivity contribution < 1.29 is 14.4 Å². The van der Waals surface area contributed by atoms with Crippen LogP contribution in [0.25, 0.3) is 11.3 Å². The monoisotopic (exact) mass is 265 g/mol. The van der Waals surface area contributed by atoms with Crippen molar-refractivity contribution in [2.75, 3.05) is 0 Å². The highest BCUT2D eigenvalue weighted by Crippen LogP contribution is 2.31. The zero-order valence-corrected chi connectivity index (χ0v) is 10.6. The number of aryl methyl sites for hydroxylation is 1. The van der Waals surface area contributed by atoms with Gasteiger partial charge in [-0.15, -0.1) is 0 Å². The SMILES string of the molecule is CCCc1onc(-c2ccccc2Cl)c1C(=O)O. The molecule has 0 unspecified atom stereocenters. The quantitative estimate of drug-likeness (QED) is 0.916. The van der Waals surface area contributed by atoms with Crippen molar-refractivity contribution in [1.29, 1.82) is 0 Å². The number of rotatable bonds is 4. The summed E-state index contributed by atoms with van der Waals surface area (Å²) in [7, 11) is 0. The molecule has 1 N–H and O–H groups in total. The number of carbonyl (C=O) groups is 1. The lowest BCUT2D eigenvalue weighted by Crippen LogP contribution is -2.01. The molecule has 2 aromatic rings. The number of halogens is 1. The van der Waals surface area contributed by atoms with E-state index in [0.29, 0.717) is 22.8 Å². The first-order valence-corrected chi connectivity index (χ1v) is 5.99. The fourth-order valence-electron chi connectivity index (χ4n) is 1.78. The molecule has 1 aromatic carbocycles. The molecule has 0 aliphatic carbocycles. The molecule has 1 heterocycles. The van der Waals surface area contributed by atoms with Gasteiger partial charge in [0.05, 0.1) is 5.02 Å². The summed E-state index contributed by atoms with van der Waals surface area (Å²) < 4.78 is 5.12. The molecule has 0 aliphatic rings. The highest BCUT2D eigenvalue weighted by atomic mass is 35.5. The van der Waals surface area contributed by atoms with E-state index in [1.54, 1.807) is 24.3 Å². The van der Waals surface area contributed by atoms with Crippen LogP contribution in [0.3, 0.4) is 0 Å². The third kappa shape index (κ3) is 2.24. The summed E-state index contributed by atoms with van der Waals surface area (Å²) >= 11 is 6.05.